The first kappa shape index (κ1) is 6.49. The first-order chi connectivity index (χ1) is 4.33. The molecule has 0 saturated carbocycles. The molecule has 0 radical (unpaired) electrons. The number of halogens is 1. The zero-order valence-electron chi connectivity index (χ0n) is 4.84. The van der Waals surface area contributed by atoms with Crippen LogP contribution in [0.4, 0.5) is 0 Å². The lowest BCUT2D eigenvalue weighted by atomic mass is 10.4. The largest absolute Gasteiger partial charge is 0.242 e. The molecule has 0 fully saturated rings. The van der Waals surface area contributed by atoms with Crippen LogP contribution < -0.4 is 0 Å². The van der Waals surface area contributed by atoms with Crippen molar-refractivity contribution in [2.24, 2.45) is 0 Å². The molecule has 1 aromatic rings. The SMILES string of the molecule is C=Cc1cccc(Br)n1. The van der Waals surface area contributed by atoms with E-state index in [-0.39, 0.29) is 0 Å². The molecular formula is C7H6BrN. The summed E-state index contributed by atoms with van der Waals surface area (Å²) >= 11 is 3.24. The smallest absolute Gasteiger partial charge is 0.106 e. The minimum atomic E-state index is 0.847. The Kier molecular flexibility index (Phi) is 2.01. The number of hydrogen-bond donors (Lipinski definition) is 0. The average Bonchev–Trinajstić information content (AvgIpc) is 1.88. The van der Waals surface area contributed by atoms with Gasteiger partial charge >= 0.3 is 0 Å². The number of rotatable bonds is 1. The Labute approximate surface area is 62.6 Å². The molecule has 1 rings (SSSR count). The molecule has 2 heteroatoms. The molecular weight excluding hydrogens is 178 g/mol. The molecule has 0 aliphatic heterocycles. The van der Waals surface area contributed by atoms with Crippen molar-refractivity contribution >= 4 is 22.0 Å². The molecule has 0 spiro atoms. The van der Waals surface area contributed by atoms with Crippen molar-refractivity contribution < 1.29 is 0 Å². The van der Waals surface area contributed by atoms with E-state index in [4.69, 9.17) is 0 Å². The number of aromatic nitrogens is 1. The van der Waals surface area contributed by atoms with Crippen LogP contribution >= 0.6 is 15.9 Å². The monoisotopic (exact) mass is 183 g/mol. The Bertz CT molecular complexity index is 220. The van der Waals surface area contributed by atoms with E-state index < -0.39 is 0 Å². The topological polar surface area (TPSA) is 12.9 Å². The van der Waals surface area contributed by atoms with Gasteiger partial charge in [-0.25, -0.2) is 4.98 Å². The highest BCUT2D eigenvalue weighted by molar-refractivity contribution is 9.10. The molecule has 0 aromatic carbocycles. The van der Waals surface area contributed by atoms with Gasteiger partial charge in [-0.2, -0.15) is 0 Å². The van der Waals surface area contributed by atoms with E-state index in [1.807, 2.05) is 18.2 Å². The fourth-order valence-corrected chi connectivity index (χ4v) is 0.895. The minimum Gasteiger partial charge on any atom is -0.242 e. The molecule has 0 aliphatic rings. The summed E-state index contributed by atoms with van der Waals surface area (Å²) in [5.41, 5.74) is 0.893. The van der Waals surface area contributed by atoms with Gasteiger partial charge < -0.3 is 0 Å². The van der Waals surface area contributed by atoms with E-state index in [0.29, 0.717) is 0 Å². The lowest BCUT2D eigenvalue weighted by Gasteiger charge is -1.90. The second kappa shape index (κ2) is 2.78. The van der Waals surface area contributed by atoms with Crippen LogP contribution in [0.5, 0.6) is 0 Å². The summed E-state index contributed by atoms with van der Waals surface area (Å²) in [6.45, 7) is 3.59. The Hall–Kier alpha value is -0.630. The maximum Gasteiger partial charge on any atom is 0.106 e. The van der Waals surface area contributed by atoms with E-state index in [1.165, 1.54) is 0 Å². The highest BCUT2D eigenvalue weighted by Crippen LogP contribution is 2.06. The fourth-order valence-electron chi connectivity index (χ4n) is 0.538. The van der Waals surface area contributed by atoms with Crippen molar-refractivity contribution in [3.8, 4) is 0 Å². The summed E-state index contributed by atoms with van der Waals surface area (Å²) < 4.78 is 0.847. The van der Waals surface area contributed by atoms with Crippen LogP contribution in [0.3, 0.4) is 0 Å². The van der Waals surface area contributed by atoms with Gasteiger partial charge in [0.15, 0.2) is 0 Å². The van der Waals surface area contributed by atoms with E-state index in [0.717, 1.165) is 10.3 Å². The van der Waals surface area contributed by atoms with E-state index >= 15 is 0 Å². The molecule has 46 valence electrons. The summed E-state index contributed by atoms with van der Waals surface area (Å²) in [6.07, 6.45) is 1.71. The van der Waals surface area contributed by atoms with Gasteiger partial charge in [0.05, 0.1) is 5.69 Å². The molecule has 9 heavy (non-hydrogen) atoms. The third-order valence-electron chi connectivity index (χ3n) is 0.946. The van der Waals surface area contributed by atoms with Crippen molar-refractivity contribution in [2.45, 2.75) is 0 Å². The molecule has 0 atom stereocenters. The number of nitrogens with zero attached hydrogens (tertiary/aromatic N) is 1. The molecule has 0 saturated heterocycles. The van der Waals surface area contributed by atoms with Crippen molar-refractivity contribution in [3.63, 3.8) is 0 Å². The van der Waals surface area contributed by atoms with E-state index in [2.05, 4.69) is 27.5 Å². The average molecular weight is 184 g/mol. The van der Waals surface area contributed by atoms with Gasteiger partial charge in [0.1, 0.15) is 4.60 Å². The van der Waals surface area contributed by atoms with Crippen LogP contribution in [-0.4, -0.2) is 4.98 Å². The van der Waals surface area contributed by atoms with Gasteiger partial charge in [-0.05, 0) is 34.1 Å². The number of hydrogen-bond acceptors (Lipinski definition) is 1. The summed E-state index contributed by atoms with van der Waals surface area (Å²) in [7, 11) is 0. The third kappa shape index (κ3) is 1.64. The molecule has 1 nitrogen and oxygen atoms in total. The second-order valence-electron chi connectivity index (χ2n) is 1.59. The first-order valence-electron chi connectivity index (χ1n) is 2.58. The maximum absolute atomic E-state index is 4.09. The normalized spacial score (nSPS) is 9.00. The van der Waals surface area contributed by atoms with Crippen LogP contribution in [0.1, 0.15) is 5.69 Å². The molecule has 1 heterocycles. The van der Waals surface area contributed by atoms with Crippen molar-refractivity contribution in [1.29, 1.82) is 0 Å². The highest BCUT2D eigenvalue weighted by Gasteiger charge is 1.86. The summed E-state index contributed by atoms with van der Waals surface area (Å²) in [5.74, 6) is 0. The van der Waals surface area contributed by atoms with Crippen LogP contribution in [0, 0.1) is 0 Å². The maximum atomic E-state index is 4.09. The third-order valence-corrected chi connectivity index (χ3v) is 1.39. The quantitative estimate of drug-likeness (QED) is 0.611. The second-order valence-corrected chi connectivity index (χ2v) is 2.40. The molecule has 0 amide bonds. The van der Waals surface area contributed by atoms with Crippen LogP contribution in [0.15, 0.2) is 29.4 Å². The Morgan fingerprint density at radius 1 is 1.56 bits per heavy atom. The molecule has 0 aliphatic carbocycles. The van der Waals surface area contributed by atoms with Gasteiger partial charge in [0.25, 0.3) is 0 Å². The minimum absolute atomic E-state index is 0.847. The Balaban J connectivity index is 3.07. The van der Waals surface area contributed by atoms with E-state index in [1.54, 1.807) is 6.08 Å². The zero-order valence-corrected chi connectivity index (χ0v) is 6.43. The molecule has 0 bridgehead atoms. The fraction of sp³-hybridized carbons (Fsp3) is 0. The van der Waals surface area contributed by atoms with Crippen molar-refractivity contribution in [2.75, 3.05) is 0 Å². The van der Waals surface area contributed by atoms with Crippen LogP contribution in [0.2, 0.25) is 0 Å². The lowest BCUT2D eigenvalue weighted by Crippen LogP contribution is -1.77. The zero-order chi connectivity index (χ0) is 6.69. The Morgan fingerprint density at radius 3 is 2.78 bits per heavy atom. The standard InChI is InChI=1S/C7H6BrN/c1-2-6-4-3-5-7(8)9-6/h2-5H,1H2. The molecule has 1 aromatic heterocycles. The predicted octanol–water partition coefficient (Wildman–Crippen LogP) is 2.49. The summed E-state index contributed by atoms with van der Waals surface area (Å²) in [6, 6.07) is 5.71. The van der Waals surface area contributed by atoms with Gasteiger partial charge in [0, 0.05) is 0 Å². The molecule has 0 unspecified atom stereocenters. The first-order valence-corrected chi connectivity index (χ1v) is 3.37. The van der Waals surface area contributed by atoms with Gasteiger partial charge in [-0.15, -0.1) is 0 Å². The van der Waals surface area contributed by atoms with Gasteiger partial charge in [-0.3, -0.25) is 0 Å². The van der Waals surface area contributed by atoms with Crippen LogP contribution in [-0.2, 0) is 0 Å². The van der Waals surface area contributed by atoms with Crippen molar-refractivity contribution in [3.05, 3.63) is 35.1 Å². The Morgan fingerprint density at radius 2 is 2.33 bits per heavy atom. The van der Waals surface area contributed by atoms with Crippen LogP contribution in [0.25, 0.3) is 6.08 Å². The number of pyridine rings is 1. The highest BCUT2D eigenvalue weighted by atomic mass is 79.9. The predicted molar refractivity (Wildman–Crippen MR) is 42.0 cm³/mol. The van der Waals surface area contributed by atoms with Gasteiger partial charge in [0.2, 0.25) is 0 Å². The van der Waals surface area contributed by atoms with Gasteiger partial charge in [-0.1, -0.05) is 12.6 Å². The van der Waals surface area contributed by atoms with E-state index in [9.17, 15) is 0 Å². The lowest BCUT2D eigenvalue weighted by molar-refractivity contribution is 1.25. The van der Waals surface area contributed by atoms with Crippen molar-refractivity contribution in [1.82, 2.24) is 4.98 Å². The summed E-state index contributed by atoms with van der Waals surface area (Å²) in [5, 5.41) is 0. The summed E-state index contributed by atoms with van der Waals surface area (Å²) in [4.78, 5) is 4.09. The molecule has 0 N–H and O–H groups in total.